The van der Waals surface area contributed by atoms with Gasteiger partial charge in [-0.05, 0) is 114 Å². The summed E-state index contributed by atoms with van der Waals surface area (Å²) in [5, 5.41) is 74.6. The number of hydrogen-bond acceptors (Lipinski definition) is 8. The van der Waals surface area contributed by atoms with Crippen molar-refractivity contribution in [2.45, 2.75) is 72.1 Å². The Balaban J connectivity index is 0.000000257. The molecule has 0 radical (unpaired) electrons. The fourth-order valence-electron chi connectivity index (χ4n) is 5.67. The lowest BCUT2D eigenvalue weighted by molar-refractivity contribution is 0.424. The van der Waals surface area contributed by atoms with Gasteiger partial charge in [-0.1, -0.05) is 98.3 Å². The van der Waals surface area contributed by atoms with Crippen LogP contribution in [0.2, 0.25) is 0 Å². The van der Waals surface area contributed by atoms with Crippen LogP contribution in [0.15, 0.2) is 78.9 Å². The molecule has 0 aliphatic rings. The smallest absolute Gasteiger partial charge is 0.423 e. The second kappa shape index (κ2) is 19.0. The van der Waals surface area contributed by atoms with E-state index >= 15 is 0 Å². The molecule has 4 rings (SSSR count). The molecule has 8 N–H and O–H groups in total. The van der Waals surface area contributed by atoms with Crippen molar-refractivity contribution in [3.8, 4) is 0 Å². The van der Waals surface area contributed by atoms with Gasteiger partial charge < -0.3 is 40.2 Å². The van der Waals surface area contributed by atoms with E-state index in [1.807, 2.05) is 69.3 Å². The molecule has 0 heterocycles. The molecule has 0 spiro atoms. The van der Waals surface area contributed by atoms with Crippen molar-refractivity contribution < 1.29 is 40.2 Å². The zero-order valence-corrected chi connectivity index (χ0v) is 27.5. The fourth-order valence-corrected chi connectivity index (χ4v) is 5.67. The van der Waals surface area contributed by atoms with Crippen LogP contribution in [-0.4, -0.2) is 68.7 Å². The summed E-state index contributed by atoms with van der Waals surface area (Å²) in [7, 11) is -5.77. The molecular formula is C35H46B4O8. The third-order valence-electron chi connectivity index (χ3n) is 8.13. The van der Waals surface area contributed by atoms with Gasteiger partial charge in [0.15, 0.2) is 0 Å². The van der Waals surface area contributed by atoms with Gasteiger partial charge in [-0.2, -0.15) is 0 Å². The van der Waals surface area contributed by atoms with Gasteiger partial charge in [-0.15, -0.1) is 0 Å². The molecule has 0 unspecified atom stereocenters. The van der Waals surface area contributed by atoms with Crippen molar-refractivity contribution in [1.82, 2.24) is 0 Å². The maximum absolute atomic E-state index is 9.42. The minimum atomic E-state index is -1.44. The highest BCUT2D eigenvalue weighted by atomic mass is 16.4. The quantitative estimate of drug-likeness (QED) is 0.0888. The van der Waals surface area contributed by atoms with Crippen molar-refractivity contribution >= 4 is 50.3 Å². The van der Waals surface area contributed by atoms with Crippen molar-refractivity contribution in [3.05, 3.63) is 118 Å². The summed E-state index contributed by atoms with van der Waals surface area (Å²) in [6, 6.07) is 24.4. The Hall–Kier alpha value is -3.18. The zero-order chi connectivity index (χ0) is 34.5. The third kappa shape index (κ3) is 12.7. The molecule has 8 nitrogen and oxygen atoms in total. The molecule has 0 saturated carbocycles. The van der Waals surface area contributed by atoms with Gasteiger partial charge in [-0.25, -0.2) is 0 Å². The van der Waals surface area contributed by atoms with Crippen LogP contribution >= 0.6 is 0 Å². The highest BCUT2D eigenvalue weighted by Gasteiger charge is 2.15. The number of benzene rings is 4. The highest BCUT2D eigenvalue weighted by molar-refractivity contribution is 6.59. The number of rotatable bonds is 14. The molecule has 4 aromatic carbocycles. The molecule has 0 bridgehead atoms. The van der Waals surface area contributed by atoms with Gasteiger partial charge in [0, 0.05) is 0 Å². The molecule has 246 valence electrons. The predicted octanol–water partition coefficient (Wildman–Crippen LogP) is -0.124. The summed E-state index contributed by atoms with van der Waals surface area (Å²) < 4.78 is 0. The Morgan fingerprint density at radius 1 is 0.404 bits per heavy atom. The first kappa shape index (κ1) is 38.3. The normalized spacial score (nSPS) is 10.7. The highest BCUT2D eigenvalue weighted by Crippen LogP contribution is 2.13. The summed E-state index contributed by atoms with van der Waals surface area (Å²) >= 11 is 0. The van der Waals surface area contributed by atoms with Gasteiger partial charge in [-0.3, -0.25) is 0 Å². The first-order chi connectivity index (χ1) is 22.4. The molecule has 0 aliphatic heterocycles. The lowest BCUT2D eigenvalue weighted by atomic mass is 9.77. The van der Waals surface area contributed by atoms with Crippen LogP contribution in [0.4, 0.5) is 0 Å². The minimum absolute atomic E-state index is 0.499. The van der Waals surface area contributed by atoms with Gasteiger partial charge in [0.05, 0.1) is 0 Å². The fraction of sp³-hybridized carbons (Fsp3) is 0.314. The SMILES string of the molecule is CCc1cc(CCCc2cc(CC)cc(B(O)O)c2)cc(B(O)O)c1.Cc1cc(CCCc2cccc(B(O)O)c2)cc(B(O)O)c1. The van der Waals surface area contributed by atoms with Crippen molar-refractivity contribution in [2.24, 2.45) is 0 Å². The van der Waals surface area contributed by atoms with Gasteiger partial charge >= 0.3 is 28.5 Å². The molecule has 0 saturated heterocycles. The largest absolute Gasteiger partial charge is 0.488 e. The van der Waals surface area contributed by atoms with Crippen LogP contribution in [0.5, 0.6) is 0 Å². The summed E-state index contributed by atoms with van der Waals surface area (Å²) in [6.45, 7) is 6.02. The average molecular weight is 638 g/mol. The third-order valence-corrected chi connectivity index (χ3v) is 8.13. The average Bonchev–Trinajstić information content (AvgIpc) is 3.04. The molecule has 0 atom stereocenters. The Morgan fingerprint density at radius 3 is 1.19 bits per heavy atom. The van der Waals surface area contributed by atoms with E-state index in [0.717, 1.165) is 90.3 Å². The van der Waals surface area contributed by atoms with Crippen LogP contribution in [0.1, 0.15) is 65.6 Å². The van der Waals surface area contributed by atoms with Crippen LogP contribution in [0.25, 0.3) is 0 Å². The Kier molecular flexibility index (Phi) is 15.5. The second-order valence-electron chi connectivity index (χ2n) is 12.1. The van der Waals surface area contributed by atoms with Crippen LogP contribution in [-0.2, 0) is 38.5 Å². The molecular weight excluding hydrogens is 592 g/mol. The van der Waals surface area contributed by atoms with E-state index in [0.29, 0.717) is 21.9 Å². The minimum Gasteiger partial charge on any atom is -0.423 e. The van der Waals surface area contributed by atoms with E-state index < -0.39 is 28.5 Å². The molecule has 0 amide bonds. The molecule has 0 fully saturated rings. The van der Waals surface area contributed by atoms with E-state index in [2.05, 4.69) is 12.1 Å². The van der Waals surface area contributed by atoms with Gasteiger partial charge in [0.2, 0.25) is 0 Å². The predicted molar refractivity (Wildman–Crippen MR) is 193 cm³/mol. The van der Waals surface area contributed by atoms with Crippen LogP contribution < -0.4 is 21.9 Å². The molecule has 4 aromatic rings. The lowest BCUT2D eigenvalue weighted by Gasteiger charge is -2.10. The van der Waals surface area contributed by atoms with Crippen molar-refractivity contribution in [3.63, 3.8) is 0 Å². The van der Waals surface area contributed by atoms with E-state index in [1.54, 1.807) is 18.2 Å². The Morgan fingerprint density at radius 2 is 0.766 bits per heavy atom. The molecule has 47 heavy (non-hydrogen) atoms. The number of aryl methyl sites for hydroxylation is 7. The van der Waals surface area contributed by atoms with E-state index in [-0.39, 0.29) is 0 Å². The topological polar surface area (TPSA) is 162 Å². The van der Waals surface area contributed by atoms with E-state index in [9.17, 15) is 40.2 Å². The van der Waals surface area contributed by atoms with Crippen LogP contribution in [0, 0.1) is 6.92 Å². The van der Waals surface area contributed by atoms with Crippen LogP contribution in [0.3, 0.4) is 0 Å². The molecule has 0 aliphatic carbocycles. The summed E-state index contributed by atoms with van der Waals surface area (Å²) in [5.41, 5.74) is 9.60. The first-order valence-corrected chi connectivity index (χ1v) is 16.3. The van der Waals surface area contributed by atoms with Gasteiger partial charge in [0.1, 0.15) is 0 Å². The van der Waals surface area contributed by atoms with Crippen molar-refractivity contribution in [1.29, 1.82) is 0 Å². The van der Waals surface area contributed by atoms with Gasteiger partial charge in [0.25, 0.3) is 0 Å². The Labute approximate surface area is 280 Å². The zero-order valence-electron chi connectivity index (χ0n) is 27.5. The molecule has 0 aromatic heterocycles. The maximum atomic E-state index is 9.42. The van der Waals surface area contributed by atoms with E-state index in [4.69, 9.17) is 0 Å². The summed E-state index contributed by atoms with van der Waals surface area (Å²) in [6.07, 6.45) is 6.83. The second-order valence-corrected chi connectivity index (χ2v) is 12.1. The standard InChI is InChI=1S/C19H26B2O4.C16H20B2O4/c1-3-14-8-16(12-18(10-14)20(22)23)6-5-7-17-9-15(4-2)11-19(13-17)21(24)25;1-12-8-14(11-16(9-12)18(21)22)6-2-4-13-5-3-7-15(10-13)17(19)20/h8-13,22-25H,3-7H2,1-2H3;3,5,7-11,19-22H,2,4,6H2,1H3. The Bertz CT molecular complexity index is 1500. The van der Waals surface area contributed by atoms with E-state index in [1.165, 1.54) is 0 Å². The first-order valence-electron chi connectivity index (χ1n) is 16.3. The van der Waals surface area contributed by atoms with Crippen molar-refractivity contribution in [2.75, 3.05) is 0 Å². The summed E-state index contributed by atoms with van der Waals surface area (Å²) in [5.74, 6) is 0. The molecule has 12 heteroatoms. The number of hydrogen-bond donors (Lipinski definition) is 8. The maximum Gasteiger partial charge on any atom is 0.488 e. The summed E-state index contributed by atoms with van der Waals surface area (Å²) in [4.78, 5) is 0. The monoisotopic (exact) mass is 638 g/mol. The lowest BCUT2D eigenvalue weighted by Crippen LogP contribution is -2.30.